The minimum atomic E-state index is -4.26. The highest BCUT2D eigenvalue weighted by molar-refractivity contribution is 7.92. The molecule has 0 aliphatic carbocycles. The van der Waals surface area contributed by atoms with Crippen LogP contribution in [0.2, 0.25) is 5.02 Å². The lowest BCUT2D eigenvalue weighted by molar-refractivity contribution is -0.139. The number of halogens is 1. The van der Waals surface area contributed by atoms with Crippen molar-refractivity contribution in [1.82, 2.24) is 10.2 Å². The molecule has 0 unspecified atom stereocenters. The normalized spacial score (nSPS) is 11.8. The van der Waals surface area contributed by atoms with Crippen molar-refractivity contribution in [2.45, 2.75) is 31.3 Å². The molecule has 0 aliphatic rings. The van der Waals surface area contributed by atoms with Crippen molar-refractivity contribution < 1.29 is 27.5 Å². The fourth-order valence-electron chi connectivity index (χ4n) is 3.97. The van der Waals surface area contributed by atoms with Crippen molar-refractivity contribution in [2.75, 3.05) is 32.1 Å². The molecule has 0 fully saturated rings. The molecule has 208 valence electrons. The largest absolute Gasteiger partial charge is 0.493 e. The summed E-state index contributed by atoms with van der Waals surface area (Å²) >= 11 is 6.14. The van der Waals surface area contributed by atoms with Crippen LogP contribution < -0.4 is 19.1 Å². The Morgan fingerprint density at radius 3 is 2.23 bits per heavy atom. The number of hydrogen-bond donors (Lipinski definition) is 1. The molecule has 2 amide bonds. The van der Waals surface area contributed by atoms with Crippen LogP contribution in [0.15, 0.2) is 71.6 Å². The third-order valence-electron chi connectivity index (χ3n) is 6.20. The summed E-state index contributed by atoms with van der Waals surface area (Å²) in [5.41, 5.74) is 1.90. The summed E-state index contributed by atoms with van der Waals surface area (Å²) in [7, 11) is 0.0736. The molecule has 11 heteroatoms. The second-order valence-corrected chi connectivity index (χ2v) is 11.1. The number of anilines is 1. The zero-order valence-electron chi connectivity index (χ0n) is 22.5. The average molecular weight is 574 g/mol. The molecule has 0 heterocycles. The van der Waals surface area contributed by atoms with Crippen molar-refractivity contribution in [3.05, 3.63) is 82.9 Å². The number of benzene rings is 3. The minimum absolute atomic E-state index is 0.0477. The zero-order chi connectivity index (χ0) is 28.7. The molecule has 0 aromatic heterocycles. The number of nitrogens with zero attached hydrogens (tertiary/aromatic N) is 2. The highest BCUT2D eigenvalue weighted by Gasteiger charge is 2.32. The number of methoxy groups -OCH3 is 2. The van der Waals surface area contributed by atoms with Crippen LogP contribution in [0.25, 0.3) is 0 Å². The Hall–Kier alpha value is -3.76. The van der Waals surface area contributed by atoms with Crippen LogP contribution in [0.4, 0.5) is 5.69 Å². The molecule has 3 aromatic rings. The van der Waals surface area contributed by atoms with Crippen molar-refractivity contribution in [1.29, 1.82) is 0 Å². The Bertz CT molecular complexity index is 1430. The number of hydrogen-bond acceptors (Lipinski definition) is 6. The second-order valence-electron chi connectivity index (χ2n) is 8.81. The van der Waals surface area contributed by atoms with Gasteiger partial charge in [-0.3, -0.25) is 13.9 Å². The van der Waals surface area contributed by atoms with E-state index in [1.54, 1.807) is 55.5 Å². The number of carbonyl (C=O) groups is 2. The van der Waals surface area contributed by atoms with E-state index >= 15 is 0 Å². The first-order valence-corrected chi connectivity index (χ1v) is 13.9. The first kappa shape index (κ1) is 29.8. The SMILES string of the molecule is CNC(=O)[C@@H](C)N(Cc1cccc(Cl)c1)C(=O)CN(c1ccc(C)cc1)S(=O)(=O)c1ccc(OC)c(OC)c1. The van der Waals surface area contributed by atoms with E-state index in [9.17, 15) is 18.0 Å². The predicted molar refractivity (Wildman–Crippen MR) is 151 cm³/mol. The van der Waals surface area contributed by atoms with Crippen molar-refractivity contribution in [2.24, 2.45) is 0 Å². The summed E-state index contributed by atoms with van der Waals surface area (Å²) in [6.07, 6.45) is 0. The van der Waals surface area contributed by atoms with Gasteiger partial charge in [0.1, 0.15) is 12.6 Å². The van der Waals surface area contributed by atoms with Gasteiger partial charge in [0.2, 0.25) is 11.8 Å². The molecule has 3 rings (SSSR count). The van der Waals surface area contributed by atoms with Gasteiger partial charge >= 0.3 is 0 Å². The van der Waals surface area contributed by atoms with Crippen molar-refractivity contribution in [3.63, 3.8) is 0 Å². The maximum atomic E-state index is 14.0. The van der Waals surface area contributed by atoms with Gasteiger partial charge in [0.15, 0.2) is 11.5 Å². The summed E-state index contributed by atoms with van der Waals surface area (Å²) in [6.45, 7) is 2.95. The van der Waals surface area contributed by atoms with Crippen LogP contribution in [0, 0.1) is 6.92 Å². The van der Waals surface area contributed by atoms with Crippen LogP contribution in [-0.4, -0.2) is 59.0 Å². The van der Waals surface area contributed by atoms with Crippen LogP contribution in [0.5, 0.6) is 11.5 Å². The highest BCUT2D eigenvalue weighted by atomic mass is 35.5. The minimum Gasteiger partial charge on any atom is -0.493 e. The van der Waals surface area contributed by atoms with Crippen LogP contribution >= 0.6 is 11.6 Å². The van der Waals surface area contributed by atoms with Crippen LogP contribution in [-0.2, 0) is 26.2 Å². The second kappa shape index (κ2) is 12.9. The van der Waals surface area contributed by atoms with E-state index in [2.05, 4.69) is 5.32 Å². The van der Waals surface area contributed by atoms with Gasteiger partial charge < -0.3 is 19.7 Å². The van der Waals surface area contributed by atoms with E-state index in [0.29, 0.717) is 22.0 Å². The fraction of sp³-hybridized carbons (Fsp3) is 0.286. The summed E-state index contributed by atoms with van der Waals surface area (Å²) in [4.78, 5) is 27.6. The van der Waals surface area contributed by atoms with Gasteiger partial charge in [0.05, 0.1) is 24.8 Å². The Labute approximate surface area is 234 Å². The maximum Gasteiger partial charge on any atom is 0.264 e. The monoisotopic (exact) mass is 573 g/mol. The van der Waals surface area contributed by atoms with Gasteiger partial charge in [0, 0.05) is 24.7 Å². The molecule has 0 aliphatic heterocycles. The number of amides is 2. The molecule has 0 radical (unpaired) electrons. The molecule has 1 atom stereocenters. The number of rotatable bonds is 11. The topological polar surface area (TPSA) is 105 Å². The van der Waals surface area contributed by atoms with Crippen molar-refractivity contribution >= 4 is 39.1 Å². The summed E-state index contributed by atoms with van der Waals surface area (Å²) in [6, 6.07) is 17.0. The number of carbonyl (C=O) groups excluding carboxylic acids is 2. The number of nitrogens with one attached hydrogen (secondary N) is 1. The van der Waals surface area contributed by atoms with Gasteiger partial charge in [-0.1, -0.05) is 41.4 Å². The molecule has 3 aromatic carbocycles. The zero-order valence-corrected chi connectivity index (χ0v) is 24.0. The highest BCUT2D eigenvalue weighted by Crippen LogP contribution is 2.32. The molecule has 0 bridgehead atoms. The number of likely N-dealkylation sites (N-methyl/N-ethyl adjacent to an activating group) is 1. The van der Waals surface area contributed by atoms with Gasteiger partial charge in [-0.2, -0.15) is 0 Å². The molecule has 0 spiro atoms. The fourth-order valence-corrected chi connectivity index (χ4v) is 5.61. The molecule has 1 N–H and O–H groups in total. The standard InChI is InChI=1S/C28H32ClN3O6S/c1-19-9-11-23(12-10-19)32(39(35,36)24-13-14-25(37-4)26(16-24)38-5)18-27(33)31(20(2)28(34)30-3)17-21-7-6-8-22(29)15-21/h6-16,20H,17-18H2,1-5H3,(H,30,34)/t20-/m1/s1. The molecular formula is C28H32ClN3O6S. The van der Waals surface area contributed by atoms with E-state index in [4.69, 9.17) is 21.1 Å². The van der Waals surface area contributed by atoms with Gasteiger partial charge in [0.25, 0.3) is 10.0 Å². The van der Waals surface area contributed by atoms with E-state index in [0.717, 1.165) is 9.87 Å². The third-order valence-corrected chi connectivity index (χ3v) is 8.20. The lowest BCUT2D eigenvalue weighted by Crippen LogP contribution is -2.50. The maximum absolute atomic E-state index is 14.0. The van der Waals surface area contributed by atoms with E-state index < -0.39 is 34.4 Å². The average Bonchev–Trinajstić information content (AvgIpc) is 2.93. The quantitative estimate of drug-likeness (QED) is 0.371. The molecular weight excluding hydrogens is 542 g/mol. The number of sulfonamides is 1. The molecule has 0 saturated heterocycles. The summed E-state index contributed by atoms with van der Waals surface area (Å²) < 4.78 is 39.5. The Morgan fingerprint density at radius 1 is 0.974 bits per heavy atom. The first-order valence-electron chi connectivity index (χ1n) is 12.1. The van der Waals surface area contributed by atoms with Gasteiger partial charge in [-0.15, -0.1) is 0 Å². The van der Waals surface area contributed by atoms with Crippen LogP contribution in [0.3, 0.4) is 0 Å². The predicted octanol–water partition coefficient (Wildman–Crippen LogP) is 4.02. The number of aryl methyl sites for hydroxylation is 1. The van der Waals surface area contributed by atoms with Crippen molar-refractivity contribution in [3.8, 4) is 11.5 Å². The Kier molecular flexibility index (Phi) is 9.82. The van der Waals surface area contributed by atoms with E-state index in [1.807, 2.05) is 6.92 Å². The summed E-state index contributed by atoms with van der Waals surface area (Å²) in [5, 5.41) is 3.03. The smallest absolute Gasteiger partial charge is 0.264 e. The lowest BCUT2D eigenvalue weighted by Gasteiger charge is -2.32. The number of ether oxygens (including phenoxy) is 2. The Balaban J connectivity index is 2.07. The molecule has 9 nitrogen and oxygen atoms in total. The third kappa shape index (κ3) is 7.01. The van der Waals surface area contributed by atoms with E-state index in [-0.39, 0.29) is 17.2 Å². The van der Waals surface area contributed by atoms with E-state index in [1.165, 1.54) is 44.4 Å². The molecule has 39 heavy (non-hydrogen) atoms. The first-order chi connectivity index (χ1) is 18.5. The summed E-state index contributed by atoms with van der Waals surface area (Å²) in [5.74, 6) is -0.378. The lowest BCUT2D eigenvalue weighted by atomic mass is 10.1. The Morgan fingerprint density at radius 2 is 1.64 bits per heavy atom. The van der Waals surface area contributed by atoms with Gasteiger partial charge in [-0.25, -0.2) is 8.42 Å². The van der Waals surface area contributed by atoms with Gasteiger partial charge in [-0.05, 0) is 55.8 Å². The molecule has 0 saturated carbocycles. The van der Waals surface area contributed by atoms with Crippen LogP contribution in [0.1, 0.15) is 18.1 Å².